The van der Waals surface area contributed by atoms with Crippen LogP contribution in [0.25, 0.3) is 23.4 Å². The average molecular weight is 299 g/mol. The molecule has 0 fully saturated rings. The first kappa shape index (κ1) is 22.5. The molecule has 0 spiro atoms. The molecule has 22 heavy (non-hydrogen) atoms. The summed E-state index contributed by atoms with van der Waals surface area (Å²) in [4.78, 5) is 0. The van der Waals surface area contributed by atoms with Gasteiger partial charge in [0, 0.05) is 0 Å². The van der Waals surface area contributed by atoms with E-state index in [2.05, 4.69) is 56.5 Å². The second kappa shape index (κ2) is 12.9. The largest absolute Gasteiger partial charge is 0.0961 e. The molecule has 0 saturated carbocycles. The summed E-state index contributed by atoms with van der Waals surface area (Å²) in [6, 6.07) is 10.7. The van der Waals surface area contributed by atoms with Gasteiger partial charge in [-0.15, -0.1) is 0 Å². The summed E-state index contributed by atoms with van der Waals surface area (Å²) < 4.78 is 0. The highest BCUT2D eigenvalue weighted by atomic mass is 14.0. The highest BCUT2D eigenvalue weighted by Gasteiger charge is 1.95. The summed E-state index contributed by atoms with van der Waals surface area (Å²) in [7, 11) is 0. The SMILES string of the molecule is C=C(C)/C=c1/ccc2cc(C)ccc2c1=C.CC.CC.CC. The molecule has 2 aromatic rings. The fraction of sp³-hybridized carbons (Fsp3) is 0.364. The van der Waals surface area contributed by atoms with Crippen molar-refractivity contribution >= 4 is 23.4 Å². The predicted molar refractivity (Wildman–Crippen MR) is 107 cm³/mol. The maximum Gasteiger partial charge on any atom is -0.0111 e. The lowest BCUT2D eigenvalue weighted by molar-refractivity contribution is 1.48. The number of hydrogen-bond donors (Lipinski definition) is 0. The third-order valence-electron chi connectivity index (χ3n) is 2.73. The Morgan fingerprint density at radius 1 is 0.909 bits per heavy atom. The zero-order chi connectivity index (χ0) is 17.7. The number of benzene rings is 2. The Morgan fingerprint density at radius 2 is 1.45 bits per heavy atom. The molecule has 2 rings (SSSR count). The molecule has 0 bridgehead atoms. The van der Waals surface area contributed by atoms with E-state index in [1.165, 1.54) is 16.3 Å². The Balaban J connectivity index is 0. The third-order valence-corrected chi connectivity index (χ3v) is 2.73. The summed E-state index contributed by atoms with van der Waals surface area (Å²) in [5.74, 6) is 0. The molecule has 0 amide bonds. The highest BCUT2D eigenvalue weighted by Crippen LogP contribution is 2.10. The predicted octanol–water partition coefficient (Wildman–Crippen LogP) is 5.99. The van der Waals surface area contributed by atoms with Gasteiger partial charge in [-0.2, -0.15) is 0 Å². The molecule has 0 aliphatic heterocycles. The topological polar surface area (TPSA) is 0 Å². The summed E-state index contributed by atoms with van der Waals surface area (Å²) in [5.41, 5.74) is 2.33. The van der Waals surface area contributed by atoms with E-state index < -0.39 is 0 Å². The molecule has 0 heterocycles. The summed E-state index contributed by atoms with van der Waals surface area (Å²) >= 11 is 0. The molecule has 0 aliphatic carbocycles. The van der Waals surface area contributed by atoms with Gasteiger partial charge in [0.25, 0.3) is 0 Å². The maximum atomic E-state index is 4.16. The first-order valence-corrected chi connectivity index (χ1v) is 8.43. The molecule has 122 valence electrons. The molecule has 2 aromatic carbocycles. The van der Waals surface area contributed by atoms with Crippen LogP contribution in [-0.4, -0.2) is 0 Å². The fourth-order valence-electron chi connectivity index (χ4n) is 1.93. The van der Waals surface area contributed by atoms with Crippen LogP contribution >= 0.6 is 0 Å². The lowest BCUT2D eigenvalue weighted by atomic mass is 10.0. The van der Waals surface area contributed by atoms with Crippen molar-refractivity contribution in [2.24, 2.45) is 0 Å². The minimum Gasteiger partial charge on any atom is -0.0961 e. The highest BCUT2D eigenvalue weighted by molar-refractivity contribution is 5.84. The van der Waals surface area contributed by atoms with E-state index in [1.54, 1.807) is 0 Å². The standard InChI is InChI=1S/C16H16.3C2H6/c1-11(2)9-14-6-7-15-10-12(3)5-8-16(15)13(14)4;3*1-2/h5-10H,1,4H2,2-3H3;3*1-2H3/b14-9-;;;. The van der Waals surface area contributed by atoms with Crippen molar-refractivity contribution in [3.63, 3.8) is 0 Å². The van der Waals surface area contributed by atoms with E-state index in [-0.39, 0.29) is 0 Å². The van der Waals surface area contributed by atoms with Crippen LogP contribution in [0.1, 0.15) is 54.0 Å². The minimum atomic E-state index is 1.05. The van der Waals surface area contributed by atoms with Gasteiger partial charge in [0.1, 0.15) is 0 Å². The van der Waals surface area contributed by atoms with E-state index >= 15 is 0 Å². The average Bonchev–Trinajstić information content (AvgIpc) is 2.55. The van der Waals surface area contributed by atoms with E-state index in [0.29, 0.717) is 0 Å². The lowest BCUT2D eigenvalue weighted by Gasteiger charge is -2.01. The number of aryl methyl sites for hydroxylation is 1. The summed E-state index contributed by atoms with van der Waals surface area (Å²) in [5, 5.41) is 4.72. The molecule has 0 saturated heterocycles. The monoisotopic (exact) mass is 298 g/mol. The van der Waals surface area contributed by atoms with Gasteiger partial charge in [-0.3, -0.25) is 0 Å². The fourth-order valence-corrected chi connectivity index (χ4v) is 1.93. The van der Waals surface area contributed by atoms with Gasteiger partial charge in [0.05, 0.1) is 0 Å². The first-order chi connectivity index (χ1) is 10.6. The molecule has 0 aromatic heterocycles. The van der Waals surface area contributed by atoms with Crippen LogP contribution in [0.2, 0.25) is 0 Å². The zero-order valence-corrected chi connectivity index (χ0v) is 15.9. The molecular weight excluding hydrogens is 264 g/mol. The quantitative estimate of drug-likeness (QED) is 0.606. The van der Waals surface area contributed by atoms with E-state index in [1.807, 2.05) is 48.5 Å². The molecule has 0 aliphatic rings. The first-order valence-electron chi connectivity index (χ1n) is 8.43. The van der Waals surface area contributed by atoms with Crippen LogP contribution in [0.5, 0.6) is 0 Å². The van der Waals surface area contributed by atoms with Crippen molar-refractivity contribution < 1.29 is 0 Å². The molecule has 0 heteroatoms. The number of allylic oxidation sites excluding steroid dienone is 1. The van der Waals surface area contributed by atoms with Crippen LogP contribution in [0.4, 0.5) is 0 Å². The van der Waals surface area contributed by atoms with Crippen LogP contribution in [0.3, 0.4) is 0 Å². The summed E-state index contributed by atoms with van der Waals surface area (Å²) in [6.07, 6.45) is 2.07. The molecule has 0 unspecified atom stereocenters. The third kappa shape index (κ3) is 6.76. The van der Waals surface area contributed by atoms with Crippen molar-refractivity contribution in [3.8, 4) is 0 Å². The molecule has 0 atom stereocenters. The Kier molecular flexibility index (Phi) is 13.2. The second-order valence-corrected chi connectivity index (χ2v) is 4.35. The van der Waals surface area contributed by atoms with E-state index in [0.717, 1.165) is 16.0 Å². The maximum absolute atomic E-state index is 4.16. The van der Waals surface area contributed by atoms with Gasteiger partial charge < -0.3 is 0 Å². The lowest BCUT2D eigenvalue weighted by Crippen LogP contribution is -2.23. The van der Waals surface area contributed by atoms with Crippen molar-refractivity contribution in [1.29, 1.82) is 0 Å². The van der Waals surface area contributed by atoms with Crippen molar-refractivity contribution in [2.75, 3.05) is 0 Å². The van der Waals surface area contributed by atoms with Gasteiger partial charge >= 0.3 is 0 Å². The van der Waals surface area contributed by atoms with Crippen molar-refractivity contribution in [2.45, 2.75) is 55.4 Å². The molecular formula is C22H34. The van der Waals surface area contributed by atoms with Crippen molar-refractivity contribution in [3.05, 3.63) is 58.5 Å². The number of fused-ring (bicyclic) bond motifs is 1. The second-order valence-electron chi connectivity index (χ2n) is 4.35. The van der Waals surface area contributed by atoms with E-state index in [9.17, 15) is 0 Å². The van der Waals surface area contributed by atoms with Crippen LogP contribution in [0.15, 0.2) is 42.5 Å². The minimum absolute atomic E-state index is 1.05. The smallest absolute Gasteiger partial charge is 0.0111 e. The zero-order valence-electron chi connectivity index (χ0n) is 15.9. The number of rotatable bonds is 1. The normalized spacial score (nSPS) is 9.55. The van der Waals surface area contributed by atoms with Crippen molar-refractivity contribution in [1.82, 2.24) is 0 Å². The van der Waals surface area contributed by atoms with E-state index in [4.69, 9.17) is 0 Å². The van der Waals surface area contributed by atoms with Crippen LogP contribution in [0, 0.1) is 6.92 Å². The van der Waals surface area contributed by atoms with Gasteiger partial charge in [0.15, 0.2) is 0 Å². The summed E-state index contributed by atoms with van der Waals surface area (Å²) in [6.45, 7) is 24.2. The Labute approximate surface area is 137 Å². The number of hydrogen-bond acceptors (Lipinski definition) is 0. The molecule has 0 nitrogen and oxygen atoms in total. The van der Waals surface area contributed by atoms with Crippen LogP contribution < -0.4 is 10.4 Å². The van der Waals surface area contributed by atoms with Crippen LogP contribution in [-0.2, 0) is 0 Å². The van der Waals surface area contributed by atoms with Gasteiger partial charge in [-0.25, -0.2) is 0 Å². The Hall–Kier alpha value is -1.82. The van der Waals surface area contributed by atoms with Gasteiger partial charge in [-0.05, 0) is 35.1 Å². The van der Waals surface area contributed by atoms with Gasteiger partial charge in [-0.1, -0.05) is 102 Å². The Bertz CT molecular complexity index is 660. The van der Waals surface area contributed by atoms with Gasteiger partial charge in [0.2, 0.25) is 0 Å². The molecule has 0 radical (unpaired) electrons. The molecule has 0 N–H and O–H groups in total. The Morgan fingerprint density at radius 3 is 1.95 bits per heavy atom.